The molecule has 2 heterocycles. The molecule has 6 fully saturated rings. The molecule has 0 amide bonds. The number of aliphatic hydroxyl groups is 9. The molecule has 0 spiro atoms. The second-order valence-electron chi connectivity index (χ2n) is 20.5. The number of esters is 1. The van der Waals surface area contributed by atoms with Crippen molar-refractivity contribution in [2.45, 2.75) is 173 Å². The van der Waals surface area contributed by atoms with Gasteiger partial charge < -0.3 is 64.9 Å². The van der Waals surface area contributed by atoms with E-state index in [9.17, 15) is 50.8 Å². The lowest BCUT2D eigenvalue weighted by molar-refractivity contribution is -0.328. The van der Waals surface area contributed by atoms with E-state index >= 15 is 0 Å². The van der Waals surface area contributed by atoms with Gasteiger partial charge in [-0.15, -0.1) is 0 Å². The average molecular weight is 797 g/mol. The summed E-state index contributed by atoms with van der Waals surface area (Å²) in [6.07, 6.45) is -6.38. The number of aliphatic hydroxyl groups excluding tert-OH is 9. The maximum atomic E-state index is 14.8. The highest BCUT2D eigenvalue weighted by Crippen LogP contribution is 2.76. The van der Waals surface area contributed by atoms with Gasteiger partial charge in [0.25, 0.3) is 0 Å². The van der Waals surface area contributed by atoms with Crippen molar-refractivity contribution in [3.63, 3.8) is 0 Å². The number of hydrogen-bond acceptors (Lipinski definition) is 14. The first kappa shape index (κ1) is 42.8. The Bertz CT molecular complexity index is 1500. The van der Waals surface area contributed by atoms with Gasteiger partial charge in [-0.1, -0.05) is 53.2 Å². The van der Waals surface area contributed by atoms with Crippen LogP contribution >= 0.6 is 0 Å². The molecule has 2 saturated heterocycles. The summed E-state index contributed by atoms with van der Waals surface area (Å²) < 4.78 is 23.0. The van der Waals surface area contributed by atoms with Crippen molar-refractivity contribution >= 4 is 5.97 Å². The predicted molar refractivity (Wildman–Crippen MR) is 199 cm³/mol. The van der Waals surface area contributed by atoms with Gasteiger partial charge in [-0.25, -0.2) is 0 Å². The maximum Gasteiger partial charge on any atom is 0.315 e. The van der Waals surface area contributed by atoms with Gasteiger partial charge in [-0.05, 0) is 104 Å². The van der Waals surface area contributed by atoms with Crippen molar-refractivity contribution in [3.8, 4) is 0 Å². The first-order valence-electron chi connectivity index (χ1n) is 21.0. The summed E-state index contributed by atoms with van der Waals surface area (Å²) in [4.78, 5) is 14.8. The zero-order chi connectivity index (χ0) is 41.0. The monoisotopic (exact) mass is 796 g/mol. The van der Waals surface area contributed by atoms with E-state index in [0.717, 1.165) is 44.9 Å². The molecule has 14 nitrogen and oxygen atoms in total. The largest absolute Gasteiger partial charge is 0.432 e. The van der Waals surface area contributed by atoms with Crippen LogP contribution in [0.3, 0.4) is 0 Å². The molecule has 0 radical (unpaired) electrons. The topological polar surface area (TPSA) is 236 Å². The highest BCUT2D eigenvalue weighted by Gasteiger charge is 2.70. The van der Waals surface area contributed by atoms with E-state index in [1.54, 1.807) is 0 Å². The number of hydrogen-bond donors (Lipinski definition) is 9. The van der Waals surface area contributed by atoms with Crippen molar-refractivity contribution < 1.29 is 69.7 Å². The van der Waals surface area contributed by atoms with Gasteiger partial charge in [0.15, 0.2) is 6.29 Å². The van der Waals surface area contributed by atoms with Gasteiger partial charge >= 0.3 is 5.97 Å². The zero-order valence-corrected chi connectivity index (χ0v) is 33.9. The molecule has 4 saturated carbocycles. The summed E-state index contributed by atoms with van der Waals surface area (Å²) in [7, 11) is 0. The Labute approximate surface area is 330 Å². The minimum Gasteiger partial charge on any atom is -0.432 e. The third-order valence-corrected chi connectivity index (χ3v) is 17.3. The van der Waals surface area contributed by atoms with Gasteiger partial charge in [-0.2, -0.15) is 0 Å². The molecule has 7 rings (SSSR count). The Morgan fingerprint density at radius 1 is 0.732 bits per heavy atom. The molecule has 2 unspecified atom stereocenters. The Morgan fingerprint density at radius 3 is 2.02 bits per heavy atom. The number of carbonyl (C=O) groups is 1. The summed E-state index contributed by atoms with van der Waals surface area (Å²) in [5.74, 6) is -0.144. The fourth-order valence-electron chi connectivity index (χ4n) is 13.4. The molecule has 2 aliphatic heterocycles. The summed E-state index contributed by atoms with van der Waals surface area (Å²) in [5, 5.41) is 94.8. The minimum absolute atomic E-state index is 0.0422. The van der Waals surface area contributed by atoms with Crippen LogP contribution in [0.15, 0.2) is 11.6 Å². The molecule has 5 aliphatic carbocycles. The number of carbonyl (C=O) groups excluding carboxylic acids is 1. The first-order chi connectivity index (χ1) is 26.1. The maximum absolute atomic E-state index is 14.8. The standard InChI is InChI=1S/C42H68O14/c1-37(2)13-15-42(36(52)56-35-33(51)31(49)29(47)24(55-35)19-53-34-32(50)30(48)28(46)23(18-43)54-34)16-14-40(5)21(22(42)17-37)7-8-26-38(3)11-10-27(45)39(4,20-44)25(38)9-12-41(26,40)6/h7,22-35,43-51H,8-20H2,1-6H3/t22?,23-,24-,25-,26?,27+,28-,29-,30+,31+,32-,33-,34-,35+,38+,39+,40-,41-,42+/m1/s1. The molecule has 320 valence electrons. The third kappa shape index (κ3) is 6.29. The second-order valence-corrected chi connectivity index (χ2v) is 20.5. The molecular weight excluding hydrogens is 728 g/mol. The summed E-state index contributed by atoms with van der Waals surface area (Å²) >= 11 is 0. The minimum atomic E-state index is -1.78. The lowest BCUT2D eigenvalue weighted by Crippen LogP contribution is -2.66. The summed E-state index contributed by atoms with van der Waals surface area (Å²) in [6, 6.07) is 0. The van der Waals surface area contributed by atoms with Gasteiger partial charge in [0.2, 0.25) is 6.29 Å². The number of rotatable bonds is 7. The molecule has 9 N–H and O–H groups in total. The van der Waals surface area contributed by atoms with Crippen molar-refractivity contribution in [2.75, 3.05) is 19.8 Å². The van der Waals surface area contributed by atoms with Crippen LogP contribution in [0, 0.1) is 50.2 Å². The molecule has 0 aromatic carbocycles. The van der Waals surface area contributed by atoms with Crippen molar-refractivity contribution in [2.24, 2.45) is 50.2 Å². The average Bonchev–Trinajstić information content (AvgIpc) is 3.15. The first-order valence-corrected chi connectivity index (χ1v) is 21.0. The highest BCUT2D eigenvalue weighted by atomic mass is 16.7. The van der Waals surface area contributed by atoms with Gasteiger partial charge in [0.1, 0.15) is 48.8 Å². The summed E-state index contributed by atoms with van der Waals surface area (Å²) in [6.45, 7) is 12.5. The van der Waals surface area contributed by atoms with Crippen LogP contribution in [-0.2, 0) is 23.7 Å². The molecular formula is C42H68O14. The zero-order valence-electron chi connectivity index (χ0n) is 33.9. The number of allylic oxidation sites excluding steroid dienone is 2. The van der Waals surface area contributed by atoms with E-state index in [1.807, 2.05) is 0 Å². The number of ether oxygens (including phenoxy) is 4. The molecule has 0 aromatic heterocycles. The van der Waals surface area contributed by atoms with E-state index in [0.29, 0.717) is 25.2 Å². The SMILES string of the molecule is CC1(C)CC[C@]2(C(=O)O[C@@H]3O[C@H](CO[C@@H]4O[C@H](CO)[C@@H](O)[C@H](O)[C@H]4O)[C@@H](O)[C@H](O)[C@H]3O)CC[C@]3(C)C(=CCC4[C@@]5(C)CC[C@H](O)[C@@](C)(CO)[C@@H]5CC[C@]43C)C2C1. The van der Waals surface area contributed by atoms with Crippen LogP contribution in [0.25, 0.3) is 0 Å². The fraction of sp³-hybridized carbons (Fsp3) is 0.929. The number of fused-ring (bicyclic) bond motifs is 7. The molecule has 0 bridgehead atoms. The smallest absolute Gasteiger partial charge is 0.315 e. The van der Waals surface area contributed by atoms with Crippen LogP contribution in [0.5, 0.6) is 0 Å². The molecule has 7 aliphatic rings. The quantitative estimate of drug-likeness (QED) is 0.131. The third-order valence-electron chi connectivity index (χ3n) is 17.3. The van der Waals surface area contributed by atoms with E-state index in [4.69, 9.17) is 18.9 Å². The van der Waals surface area contributed by atoms with Crippen LogP contribution in [0.1, 0.15) is 106 Å². The van der Waals surface area contributed by atoms with Crippen molar-refractivity contribution in [3.05, 3.63) is 11.6 Å². The molecule has 0 aromatic rings. The highest BCUT2D eigenvalue weighted by molar-refractivity contribution is 5.79. The van der Waals surface area contributed by atoms with Crippen LogP contribution in [-0.4, -0.2) is 139 Å². The van der Waals surface area contributed by atoms with Gasteiger partial charge in [0.05, 0.1) is 31.3 Å². The Hall–Kier alpha value is -1.27. The molecule has 56 heavy (non-hydrogen) atoms. The summed E-state index contributed by atoms with van der Waals surface area (Å²) in [5.41, 5.74) is -0.606. The second kappa shape index (κ2) is 14.7. The van der Waals surface area contributed by atoms with E-state index in [1.165, 1.54) is 5.57 Å². The van der Waals surface area contributed by atoms with Crippen molar-refractivity contribution in [1.29, 1.82) is 0 Å². The van der Waals surface area contributed by atoms with Crippen LogP contribution in [0.2, 0.25) is 0 Å². The van der Waals surface area contributed by atoms with Crippen molar-refractivity contribution in [1.82, 2.24) is 0 Å². The lowest BCUT2D eigenvalue weighted by Gasteiger charge is -2.71. The fourth-order valence-corrected chi connectivity index (χ4v) is 13.4. The van der Waals surface area contributed by atoms with E-state index in [2.05, 4.69) is 47.6 Å². The lowest BCUT2D eigenvalue weighted by atomic mass is 9.33. The Morgan fingerprint density at radius 2 is 1.36 bits per heavy atom. The van der Waals surface area contributed by atoms with Crippen LogP contribution < -0.4 is 0 Å². The van der Waals surface area contributed by atoms with Gasteiger partial charge in [-0.3, -0.25) is 4.79 Å². The van der Waals surface area contributed by atoms with E-state index < -0.39 is 97.5 Å². The Kier molecular flexibility index (Phi) is 11.3. The van der Waals surface area contributed by atoms with Crippen LogP contribution in [0.4, 0.5) is 0 Å². The predicted octanol–water partition coefficient (Wildman–Crippen LogP) is 1.29. The normalized spacial score (nSPS) is 54.1. The Balaban J connectivity index is 1.13. The van der Waals surface area contributed by atoms with Gasteiger partial charge in [0, 0.05) is 5.41 Å². The van der Waals surface area contributed by atoms with E-state index in [-0.39, 0.29) is 40.1 Å². The molecule has 19 atom stereocenters. The molecule has 14 heteroatoms.